The standard InChI is InChI=1S/C18H16ClN3O4/c19-16-7-6-14(22(25)26)12-15(16)18(24)21-10-8-20(9-11-21)17(23)13-4-2-1-3-5-13/h1-7,12H,8-11H2. The molecule has 7 nitrogen and oxygen atoms in total. The molecular weight excluding hydrogens is 358 g/mol. The van der Waals surface area contributed by atoms with Crippen LogP contribution in [0.3, 0.4) is 0 Å². The van der Waals surface area contributed by atoms with Gasteiger partial charge in [0.15, 0.2) is 0 Å². The Morgan fingerprint density at radius 3 is 2.08 bits per heavy atom. The quantitative estimate of drug-likeness (QED) is 0.611. The minimum Gasteiger partial charge on any atom is -0.335 e. The number of rotatable bonds is 3. The molecule has 8 heteroatoms. The van der Waals surface area contributed by atoms with Crippen molar-refractivity contribution in [2.75, 3.05) is 26.2 Å². The van der Waals surface area contributed by atoms with E-state index in [0.29, 0.717) is 31.7 Å². The predicted molar refractivity (Wildman–Crippen MR) is 96.4 cm³/mol. The first kappa shape index (κ1) is 17.9. The molecule has 1 fully saturated rings. The van der Waals surface area contributed by atoms with Crippen LogP contribution in [0.4, 0.5) is 5.69 Å². The number of benzene rings is 2. The summed E-state index contributed by atoms with van der Waals surface area (Å²) in [6, 6.07) is 12.8. The van der Waals surface area contributed by atoms with E-state index in [-0.39, 0.29) is 28.1 Å². The first-order valence-corrected chi connectivity index (χ1v) is 8.42. The lowest BCUT2D eigenvalue weighted by Crippen LogP contribution is -2.50. The Hall–Kier alpha value is -2.93. The molecule has 0 spiro atoms. The molecule has 0 bridgehead atoms. The van der Waals surface area contributed by atoms with E-state index in [2.05, 4.69) is 0 Å². The molecule has 1 saturated heterocycles. The Labute approximate surface area is 154 Å². The molecule has 1 aliphatic rings. The summed E-state index contributed by atoms with van der Waals surface area (Å²) in [5.41, 5.74) is 0.522. The summed E-state index contributed by atoms with van der Waals surface area (Å²) in [6.45, 7) is 1.48. The van der Waals surface area contributed by atoms with Crippen molar-refractivity contribution >= 4 is 29.1 Å². The maximum absolute atomic E-state index is 12.7. The number of nitro benzene ring substituents is 1. The molecule has 0 aliphatic carbocycles. The smallest absolute Gasteiger partial charge is 0.270 e. The second-order valence-electron chi connectivity index (χ2n) is 5.87. The van der Waals surface area contributed by atoms with Crippen LogP contribution in [-0.2, 0) is 0 Å². The van der Waals surface area contributed by atoms with Crippen molar-refractivity contribution in [3.8, 4) is 0 Å². The van der Waals surface area contributed by atoms with Crippen molar-refractivity contribution in [1.29, 1.82) is 0 Å². The van der Waals surface area contributed by atoms with Crippen molar-refractivity contribution in [3.63, 3.8) is 0 Å². The molecule has 1 aliphatic heterocycles. The maximum atomic E-state index is 12.7. The molecular formula is C18H16ClN3O4. The van der Waals surface area contributed by atoms with Gasteiger partial charge in [-0.2, -0.15) is 0 Å². The molecule has 2 aromatic rings. The first-order valence-electron chi connectivity index (χ1n) is 8.05. The van der Waals surface area contributed by atoms with Crippen molar-refractivity contribution in [3.05, 3.63) is 74.8 Å². The Morgan fingerprint density at radius 1 is 0.923 bits per heavy atom. The van der Waals surface area contributed by atoms with E-state index in [1.807, 2.05) is 6.07 Å². The minimum absolute atomic E-state index is 0.0777. The van der Waals surface area contributed by atoms with E-state index in [4.69, 9.17) is 11.6 Å². The van der Waals surface area contributed by atoms with Crippen LogP contribution < -0.4 is 0 Å². The molecule has 2 aromatic carbocycles. The summed E-state index contributed by atoms with van der Waals surface area (Å²) < 4.78 is 0. The van der Waals surface area contributed by atoms with Gasteiger partial charge >= 0.3 is 0 Å². The predicted octanol–water partition coefficient (Wildman–Crippen LogP) is 2.85. The van der Waals surface area contributed by atoms with Gasteiger partial charge in [-0.05, 0) is 18.2 Å². The lowest BCUT2D eigenvalue weighted by Gasteiger charge is -2.35. The van der Waals surface area contributed by atoms with E-state index in [0.717, 1.165) is 0 Å². The number of amides is 2. The van der Waals surface area contributed by atoms with Gasteiger partial charge in [-0.15, -0.1) is 0 Å². The number of halogens is 1. The summed E-state index contributed by atoms with van der Waals surface area (Å²) in [6.07, 6.45) is 0. The third kappa shape index (κ3) is 3.67. The third-order valence-electron chi connectivity index (χ3n) is 4.27. The number of non-ortho nitro benzene ring substituents is 1. The molecule has 0 saturated carbocycles. The largest absolute Gasteiger partial charge is 0.335 e. The normalized spacial score (nSPS) is 14.2. The molecule has 134 valence electrons. The highest BCUT2D eigenvalue weighted by atomic mass is 35.5. The van der Waals surface area contributed by atoms with Gasteiger partial charge in [0.1, 0.15) is 0 Å². The fraction of sp³-hybridized carbons (Fsp3) is 0.222. The van der Waals surface area contributed by atoms with Gasteiger partial charge in [-0.25, -0.2) is 0 Å². The summed E-state index contributed by atoms with van der Waals surface area (Å²) in [7, 11) is 0. The molecule has 3 rings (SSSR count). The van der Waals surface area contributed by atoms with E-state index in [1.165, 1.54) is 18.2 Å². The lowest BCUT2D eigenvalue weighted by atomic mass is 10.1. The van der Waals surface area contributed by atoms with Gasteiger partial charge in [0, 0.05) is 43.9 Å². The van der Waals surface area contributed by atoms with Crippen molar-refractivity contribution in [2.24, 2.45) is 0 Å². The van der Waals surface area contributed by atoms with Crippen LogP contribution in [0.5, 0.6) is 0 Å². The number of nitrogens with zero attached hydrogens (tertiary/aromatic N) is 3. The maximum Gasteiger partial charge on any atom is 0.270 e. The lowest BCUT2D eigenvalue weighted by molar-refractivity contribution is -0.384. The molecule has 2 amide bonds. The Kier molecular flexibility index (Phi) is 5.18. The highest BCUT2D eigenvalue weighted by Crippen LogP contribution is 2.24. The van der Waals surface area contributed by atoms with Gasteiger partial charge < -0.3 is 9.80 Å². The molecule has 0 atom stereocenters. The monoisotopic (exact) mass is 373 g/mol. The van der Waals surface area contributed by atoms with E-state index < -0.39 is 4.92 Å². The van der Waals surface area contributed by atoms with Crippen LogP contribution in [0.15, 0.2) is 48.5 Å². The van der Waals surface area contributed by atoms with E-state index in [1.54, 1.807) is 34.1 Å². The van der Waals surface area contributed by atoms with Gasteiger partial charge in [-0.1, -0.05) is 29.8 Å². The topological polar surface area (TPSA) is 83.8 Å². The number of hydrogen-bond acceptors (Lipinski definition) is 4. The highest BCUT2D eigenvalue weighted by molar-refractivity contribution is 6.33. The molecule has 0 radical (unpaired) electrons. The number of carbonyl (C=O) groups excluding carboxylic acids is 2. The van der Waals surface area contributed by atoms with Crippen LogP contribution in [-0.4, -0.2) is 52.7 Å². The fourth-order valence-electron chi connectivity index (χ4n) is 2.84. The Balaban J connectivity index is 1.68. The zero-order valence-electron chi connectivity index (χ0n) is 13.8. The number of hydrogen-bond donors (Lipinski definition) is 0. The van der Waals surface area contributed by atoms with Gasteiger partial charge in [0.2, 0.25) is 0 Å². The van der Waals surface area contributed by atoms with Crippen molar-refractivity contribution < 1.29 is 14.5 Å². The summed E-state index contributed by atoms with van der Waals surface area (Å²) in [4.78, 5) is 38.7. The summed E-state index contributed by atoms with van der Waals surface area (Å²) in [5.74, 6) is -0.448. The van der Waals surface area contributed by atoms with Gasteiger partial charge in [0.05, 0.1) is 15.5 Å². The number of nitro groups is 1. The van der Waals surface area contributed by atoms with E-state index in [9.17, 15) is 19.7 Å². The Morgan fingerprint density at radius 2 is 1.50 bits per heavy atom. The van der Waals surface area contributed by atoms with Crippen LogP contribution in [0.1, 0.15) is 20.7 Å². The average Bonchev–Trinajstić information content (AvgIpc) is 2.68. The first-order chi connectivity index (χ1) is 12.5. The van der Waals surface area contributed by atoms with Crippen LogP contribution in [0, 0.1) is 10.1 Å². The number of carbonyl (C=O) groups is 2. The Bertz CT molecular complexity index is 849. The van der Waals surface area contributed by atoms with Crippen LogP contribution >= 0.6 is 11.6 Å². The second kappa shape index (κ2) is 7.53. The molecule has 26 heavy (non-hydrogen) atoms. The highest BCUT2D eigenvalue weighted by Gasteiger charge is 2.27. The molecule has 1 heterocycles. The second-order valence-corrected chi connectivity index (χ2v) is 6.28. The van der Waals surface area contributed by atoms with Gasteiger partial charge in [-0.3, -0.25) is 19.7 Å². The SMILES string of the molecule is O=C(c1ccccc1)N1CCN(C(=O)c2cc([N+](=O)[O-])ccc2Cl)CC1. The zero-order chi connectivity index (χ0) is 18.7. The molecule has 0 N–H and O–H groups in total. The average molecular weight is 374 g/mol. The molecule has 0 aromatic heterocycles. The van der Waals surface area contributed by atoms with Crippen molar-refractivity contribution in [1.82, 2.24) is 9.80 Å². The van der Waals surface area contributed by atoms with Crippen LogP contribution in [0.2, 0.25) is 5.02 Å². The zero-order valence-corrected chi connectivity index (χ0v) is 14.6. The van der Waals surface area contributed by atoms with Crippen molar-refractivity contribution in [2.45, 2.75) is 0 Å². The fourth-order valence-corrected chi connectivity index (χ4v) is 3.04. The van der Waals surface area contributed by atoms with Crippen LogP contribution in [0.25, 0.3) is 0 Å². The minimum atomic E-state index is -0.566. The molecule has 0 unspecified atom stereocenters. The number of piperazine rings is 1. The summed E-state index contributed by atoms with van der Waals surface area (Å²) >= 11 is 6.04. The third-order valence-corrected chi connectivity index (χ3v) is 4.60. The van der Waals surface area contributed by atoms with Gasteiger partial charge in [0.25, 0.3) is 17.5 Å². The summed E-state index contributed by atoms with van der Waals surface area (Å²) in [5, 5.41) is 11.1. The van der Waals surface area contributed by atoms with E-state index >= 15 is 0 Å².